The van der Waals surface area contributed by atoms with Crippen molar-refractivity contribution in [3.63, 3.8) is 0 Å². The average molecular weight is 535 g/mol. The van der Waals surface area contributed by atoms with Crippen molar-refractivity contribution in [2.24, 2.45) is 0 Å². The fourth-order valence-electron chi connectivity index (χ4n) is 4.27. The lowest BCUT2D eigenvalue weighted by atomic mass is 9.98. The molecule has 38 heavy (non-hydrogen) atoms. The zero-order chi connectivity index (χ0) is 27.1. The molecule has 0 saturated heterocycles. The minimum absolute atomic E-state index is 0.203. The van der Waals surface area contributed by atoms with Crippen LogP contribution in [0.5, 0.6) is 0 Å². The Morgan fingerprint density at radius 3 is 2.53 bits per heavy atom. The minimum atomic E-state index is -0.702. The van der Waals surface area contributed by atoms with E-state index in [-0.39, 0.29) is 36.6 Å². The lowest BCUT2D eigenvalue weighted by molar-refractivity contribution is -0.127. The van der Waals surface area contributed by atoms with Gasteiger partial charge in [-0.2, -0.15) is 0 Å². The topological polar surface area (TPSA) is 90.5 Å². The second-order valence-corrected chi connectivity index (χ2v) is 9.95. The van der Waals surface area contributed by atoms with Crippen LogP contribution >= 0.6 is 11.8 Å². The van der Waals surface area contributed by atoms with E-state index in [9.17, 15) is 18.8 Å². The number of carbonyl (C=O) groups excluding carboxylic acids is 3. The Balaban J connectivity index is 1.57. The molecule has 0 fully saturated rings. The number of thioether (sulfide) groups is 1. The third-order valence-electron chi connectivity index (χ3n) is 6.24. The molecule has 0 saturated carbocycles. The molecule has 0 aliphatic carbocycles. The highest BCUT2D eigenvalue weighted by molar-refractivity contribution is 7.99. The minimum Gasteiger partial charge on any atom is -0.343 e. The summed E-state index contributed by atoms with van der Waals surface area (Å²) in [6.07, 6.45) is 0.276. The van der Waals surface area contributed by atoms with Crippen molar-refractivity contribution in [1.82, 2.24) is 16.0 Å². The maximum atomic E-state index is 14.0. The molecular formula is C29H31FN4O3S. The van der Waals surface area contributed by atoms with Crippen LogP contribution in [0.4, 0.5) is 14.9 Å². The summed E-state index contributed by atoms with van der Waals surface area (Å²) in [7, 11) is 0. The molecule has 0 spiro atoms. The largest absolute Gasteiger partial charge is 0.343 e. The summed E-state index contributed by atoms with van der Waals surface area (Å²) in [6.45, 7) is 4.82. The van der Waals surface area contributed by atoms with Gasteiger partial charge in [-0.3, -0.25) is 9.59 Å². The first-order valence-electron chi connectivity index (χ1n) is 12.6. The number of fused-ring (bicyclic) bond motifs is 1. The smallest absolute Gasteiger partial charge is 0.315 e. The van der Waals surface area contributed by atoms with Crippen molar-refractivity contribution < 1.29 is 18.8 Å². The van der Waals surface area contributed by atoms with Crippen molar-refractivity contribution in [3.05, 3.63) is 83.7 Å². The molecule has 0 bridgehead atoms. The number of rotatable bonds is 8. The summed E-state index contributed by atoms with van der Waals surface area (Å²) in [5.74, 6) is -0.469. The summed E-state index contributed by atoms with van der Waals surface area (Å²) in [6, 6.07) is 19.2. The molecule has 0 radical (unpaired) electrons. The van der Waals surface area contributed by atoms with Crippen LogP contribution in [0, 0.1) is 5.82 Å². The summed E-state index contributed by atoms with van der Waals surface area (Å²) < 4.78 is 14.0. The molecular weight excluding hydrogens is 503 g/mol. The van der Waals surface area contributed by atoms with Gasteiger partial charge in [0.1, 0.15) is 11.9 Å². The number of urea groups is 1. The molecule has 1 heterocycles. The number of halogens is 1. The van der Waals surface area contributed by atoms with E-state index in [4.69, 9.17) is 0 Å². The quantitative estimate of drug-likeness (QED) is 0.386. The van der Waals surface area contributed by atoms with Gasteiger partial charge in [0.15, 0.2) is 0 Å². The van der Waals surface area contributed by atoms with Crippen LogP contribution in [-0.2, 0) is 22.7 Å². The average Bonchev–Trinajstić information content (AvgIpc) is 3.04. The number of anilines is 1. The van der Waals surface area contributed by atoms with E-state index in [0.717, 1.165) is 22.3 Å². The fourth-order valence-corrected chi connectivity index (χ4v) is 5.36. The van der Waals surface area contributed by atoms with Crippen LogP contribution < -0.4 is 20.9 Å². The maximum Gasteiger partial charge on any atom is 0.315 e. The van der Waals surface area contributed by atoms with Crippen molar-refractivity contribution in [2.75, 3.05) is 17.2 Å². The van der Waals surface area contributed by atoms with Crippen LogP contribution in [0.3, 0.4) is 0 Å². The lowest BCUT2D eigenvalue weighted by Crippen LogP contribution is -2.49. The van der Waals surface area contributed by atoms with Crippen LogP contribution in [-0.4, -0.2) is 36.2 Å². The summed E-state index contributed by atoms with van der Waals surface area (Å²) >= 11 is 1.36. The van der Waals surface area contributed by atoms with Gasteiger partial charge in [-0.1, -0.05) is 55.5 Å². The molecule has 7 nitrogen and oxygen atoms in total. The van der Waals surface area contributed by atoms with Crippen LogP contribution in [0.2, 0.25) is 0 Å². The van der Waals surface area contributed by atoms with Gasteiger partial charge in [-0.15, -0.1) is 11.8 Å². The van der Waals surface area contributed by atoms with E-state index in [0.29, 0.717) is 29.4 Å². The van der Waals surface area contributed by atoms with Gasteiger partial charge >= 0.3 is 6.03 Å². The van der Waals surface area contributed by atoms with Gasteiger partial charge < -0.3 is 20.9 Å². The highest BCUT2D eigenvalue weighted by Crippen LogP contribution is 2.36. The van der Waals surface area contributed by atoms with E-state index in [2.05, 4.69) is 16.0 Å². The van der Waals surface area contributed by atoms with Gasteiger partial charge in [0.05, 0.1) is 12.2 Å². The normalized spacial score (nSPS) is 14.9. The zero-order valence-electron chi connectivity index (χ0n) is 21.4. The monoisotopic (exact) mass is 534 g/mol. The first-order valence-corrected chi connectivity index (χ1v) is 13.6. The first kappa shape index (κ1) is 27.2. The second-order valence-electron chi connectivity index (χ2n) is 8.89. The number of nitrogens with zero attached hydrogens (tertiary/aromatic N) is 1. The Hall–Kier alpha value is -3.85. The van der Waals surface area contributed by atoms with Crippen molar-refractivity contribution in [2.45, 2.75) is 44.3 Å². The molecule has 0 aromatic heterocycles. The lowest BCUT2D eigenvalue weighted by Gasteiger charge is -2.26. The second kappa shape index (κ2) is 12.6. The van der Waals surface area contributed by atoms with Gasteiger partial charge in [0, 0.05) is 30.2 Å². The van der Waals surface area contributed by atoms with Crippen molar-refractivity contribution in [1.29, 1.82) is 0 Å². The number of nitrogens with one attached hydrogen (secondary N) is 3. The van der Waals surface area contributed by atoms with Gasteiger partial charge in [-0.05, 0) is 47.4 Å². The SMILES string of the molecule is CCNC(=O)NCc1ccccc1-c1ccc(CN2C(=O)[C@H](NC(=O)CC)CSc3cc(F)ccc32)cc1. The molecule has 3 N–H and O–H groups in total. The van der Waals surface area contributed by atoms with Crippen molar-refractivity contribution >= 4 is 35.3 Å². The molecule has 0 unspecified atom stereocenters. The number of carbonyl (C=O) groups is 3. The first-order chi connectivity index (χ1) is 18.4. The molecule has 198 valence electrons. The third-order valence-corrected chi connectivity index (χ3v) is 7.38. The Bertz CT molecular complexity index is 1320. The third kappa shape index (κ3) is 6.52. The molecule has 4 amide bonds. The Labute approximate surface area is 226 Å². The van der Waals surface area contributed by atoms with Crippen LogP contribution in [0.25, 0.3) is 11.1 Å². The van der Waals surface area contributed by atoms with E-state index in [1.54, 1.807) is 17.9 Å². The molecule has 9 heteroatoms. The number of hydrogen-bond donors (Lipinski definition) is 3. The zero-order valence-corrected chi connectivity index (χ0v) is 22.2. The molecule has 1 aliphatic heterocycles. The molecule has 3 aromatic carbocycles. The standard InChI is InChI=1S/C29H31FN4O3S/c1-3-27(35)33-24-18-38-26-15-22(30)13-14-25(26)34(28(24)36)17-19-9-11-20(12-10-19)23-8-6-5-7-21(23)16-32-29(37)31-4-2/h5-15,24H,3-4,16-18H2,1-2H3,(H,33,35)(H2,31,32,37)/t24-/m1/s1. The number of hydrogen-bond acceptors (Lipinski definition) is 4. The van der Waals surface area contributed by atoms with Crippen molar-refractivity contribution in [3.8, 4) is 11.1 Å². The molecule has 1 aliphatic rings. The van der Waals surface area contributed by atoms with Crippen LogP contribution in [0.1, 0.15) is 31.4 Å². The number of amides is 4. The highest BCUT2D eigenvalue weighted by Gasteiger charge is 2.32. The van der Waals surface area contributed by atoms with E-state index in [1.165, 1.54) is 23.9 Å². The fraction of sp³-hybridized carbons (Fsp3) is 0.276. The Morgan fingerprint density at radius 1 is 1.03 bits per heavy atom. The Morgan fingerprint density at radius 2 is 1.79 bits per heavy atom. The van der Waals surface area contributed by atoms with Gasteiger partial charge in [-0.25, -0.2) is 9.18 Å². The van der Waals surface area contributed by atoms with E-state index >= 15 is 0 Å². The predicted octanol–water partition coefficient (Wildman–Crippen LogP) is 4.85. The summed E-state index contributed by atoms with van der Waals surface area (Å²) in [5, 5.41) is 8.41. The molecule has 4 rings (SSSR count). The van der Waals surface area contributed by atoms with Crippen LogP contribution in [0.15, 0.2) is 71.6 Å². The maximum absolute atomic E-state index is 14.0. The molecule has 1 atom stereocenters. The predicted molar refractivity (Wildman–Crippen MR) is 148 cm³/mol. The van der Waals surface area contributed by atoms with E-state index in [1.807, 2.05) is 55.5 Å². The molecule has 3 aromatic rings. The summed E-state index contributed by atoms with van der Waals surface area (Å²) in [5.41, 5.74) is 4.48. The van der Waals surface area contributed by atoms with E-state index < -0.39 is 6.04 Å². The number of benzene rings is 3. The Kier molecular flexibility index (Phi) is 9.02. The summed E-state index contributed by atoms with van der Waals surface area (Å²) in [4.78, 5) is 39.7. The van der Waals surface area contributed by atoms with Gasteiger partial charge in [0.25, 0.3) is 5.91 Å². The van der Waals surface area contributed by atoms with Gasteiger partial charge in [0.2, 0.25) is 5.91 Å². The highest BCUT2D eigenvalue weighted by atomic mass is 32.2.